The number of urea groups is 1. The van der Waals surface area contributed by atoms with Crippen LogP contribution in [0.25, 0.3) is 11.3 Å². The highest BCUT2D eigenvalue weighted by molar-refractivity contribution is 5.89. The van der Waals surface area contributed by atoms with Crippen LogP contribution in [0.4, 0.5) is 9.59 Å². The minimum Gasteiger partial charge on any atom is -0.465 e. The number of amides is 5. The molecule has 0 saturated carbocycles. The molecule has 0 radical (unpaired) electrons. The van der Waals surface area contributed by atoms with Gasteiger partial charge in [-0.2, -0.15) is 0 Å². The molecule has 1 aliphatic rings. The molecule has 0 aliphatic carbocycles. The summed E-state index contributed by atoms with van der Waals surface area (Å²) < 4.78 is 0. The molecule has 2 aromatic heterocycles. The normalized spacial score (nSPS) is 15.8. The lowest BCUT2D eigenvalue weighted by molar-refractivity contribution is -0.131. The summed E-state index contributed by atoms with van der Waals surface area (Å²) in [6.45, 7) is 14.2. The Balaban J connectivity index is 1.44. The molecule has 4 N–H and O–H groups in total. The minimum absolute atomic E-state index is 0.0381. The number of hydrogen-bond acceptors (Lipinski definition) is 7. The predicted octanol–water partition coefficient (Wildman–Crippen LogP) is 6.33. The standard InChI is InChI=1S/C47H61N7O6/c1-31-15-14-18-35(49-31)30-53-25-26-54(44(53)58)41(47(5,6)7)43(57)50-36(27-33-20-22-34(23-21-33)37-19-12-13-24-48-37)29-39(55)38(28-32-16-10-9-11-17-32)51-42(56)40(46(2,3)4)52(8)45(59)60/h9-24,36,38-41,55H,25-30H2,1-8H3,(H,50,57)(H,51,56)(H,59,60). The van der Waals surface area contributed by atoms with Crippen LogP contribution in [0.2, 0.25) is 0 Å². The summed E-state index contributed by atoms with van der Waals surface area (Å²) in [6, 6.07) is 25.1. The third-order valence-electron chi connectivity index (χ3n) is 10.9. The molecular weight excluding hydrogens is 759 g/mol. The summed E-state index contributed by atoms with van der Waals surface area (Å²) in [4.78, 5) is 68.2. The lowest BCUT2D eigenvalue weighted by Crippen LogP contribution is -2.59. The molecule has 13 heteroatoms. The van der Waals surface area contributed by atoms with E-state index in [1.54, 1.807) is 36.8 Å². The fourth-order valence-corrected chi connectivity index (χ4v) is 8.11. The summed E-state index contributed by atoms with van der Waals surface area (Å²) >= 11 is 0. The number of aliphatic hydroxyl groups excluding tert-OH is 1. The van der Waals surface area contributed by atoms with Crippen LogP contribution in [0.15, 0.2) is 97.2 Å². The molecule has 0 spiro atoms. The number of pyridine rings is 2. The predicted molar refractivity (Wildman–Crippen MR) is 232 cm³/mol. The summed E-state index contributed by atoms with van der Waals surface area (Å²) in [6.07, 6.45) is -0.0708. The van der Waals surface area contributed by atoms with Gasteiger partial charge in [-0.1, -0.05) is 108 Å². The van der Waals surface area contributed by atoms with Crippen molar-refractivity contribution >= 4 is 23.9 Å². The maximum Gasteiger partial charge on any atom is 0.407 e. The Morgan fingerprint density at radius 3 is 2.07 bits per heavy atom. The van der Waals surface area contributed by atoms with E-state index in [1.807, 2.05) is 119 Å². The first-order chi connectivity index (χ1) is 28.3. The van der Waals surface area contributed by atoms with Gasteiger partial charge in [0.1, 0.15) is 12.1 Å². The average molecular weight is 820 g/mol. The van der Waals surface area contributed by atoms with Gasteiger partial charge >= 0.3 is 12.1 Å². The van der Waals surface area contributed by atoms with Crippen molar-refractivity contribution in [1.82, 2.24) is 35.3 Å². The highest BCUT2D eigenvalue weighted by Crippen LogP contribution is 2.30. The molecule has 60 heavy (non-hydrogen) atoms. The number of carbonyl (C=O) groups excluding carboxylic acids is 3. The number of nitrogens with zero attached hydrogens (tertiary/aromatic N) is 5. The van der Waals surface area contributed by atoms with E-state index in [2.05, 4.69) is 20.6 Å². The Morgan fingerprint density at radius 2 is 1.47 bits per heavy atom. The van der Waals surface area contributed by atoms with Gasteiger partial charge < -0.3 is 30.6 Å². The second kappa shape index (κ2) is 19.5. The summed E-state index contributed by atoms with van der Waals surface area (Å²) in [5.41, 5.74) is 3.70. The van der Waals surface area contributed by atoms with Crippen LogP contribution in [0.5, 0.6) is 0 Å². The highest BCUT2D eigenvalue weighted by Gasteiger charge is 2.44. The van der Waals surface area contributed by atoms with Crippen LogP contribution < -0.4 is 10.6 Å². The van der Waals surface area contributed by atoms with Crippen molar-refractivity contribution in [3.63, 3.8) is 0 Å². The molecular formula is C47H61N7O6. The van der Waals surface area contributed by atoms with Gasteiger partial charge in [-0.05, 0) is 72.4 Å². The molecule has 4 aromatic rings. The van der Waals surface area contributed by atoms with Crippen molar-refractivity contribution in [1.29, 1.82) is 0 Å². The number of likely N-dealkylation sites (N-methyl/N-ethyl adjacent to an activating group) is 1. The maximum atomic E-state index is 14.7. The molecule has 13 nitrogen and oxygen atoms in total. The van der Waals surface area contributed by atoms with Gasteiger partial charge in [0.2, 0.25) is 11.8 Å². The van der Waals surface area contributed by atoms with E-state index in [0.717, 1.165) is 38.7 Å². The number of benzene rings is 2. The largest absolute Gasteiger partial charge is 0.465 e. The van der Waals surface area contributed by atoms with Crippen molar-refractivity contribution < 1.29 is 29.4 Å². The highest BCUT2D eigenvalue weighted by atomic mass is 16.4. The molecule has 5 unspecified atom stereocenters. The van der Waals surface area contributed by atoms with E-state index in [1.165, 1.54) is 7.05 Å². The Bertz CT molecular complexity index is 2070. The zero-order chi connectivity index (χ0) is 43.8. The zero-order valence-electron chi connectivity index (χ0n) is 36.1. The van der Waals surface area contributed by atoms with Crippen LogP contribution in [0.3, 0.4) is 0 Å². The zero-order valence-corrected chi connectivity index (χ0v) is 36.1. The summed E-state index contributed by atoms with van der Waals surface area (Å²) in [5.74, 6) is -0.892. The van der Waals surface area contributed by atoms with E-state index < -0.39 is 53.1 Å². The van der Waals surface area contributed by atoms with Crippen LogP contribution >= 0.6 is 0 Å². The van der Waals surface area contributed by atoms with E-state index in [9.17, 15) is 29.4 Å². The second-order valence-corrected chi connectivity index (χ2v) is 18.0. The van der Waals surface area contributed by atoms with Gasteiger partial charge in [0.25, 0.3) is 0 Å². The first-order valence-electron chi connectivity index (χ1n) is 20.6. The Morgan fingerprint density at radius 1 is 0.800 bits per heavy atom. The molecule has 5 atom stereocenters. The van der Waals surface area contributed by atoms with E-state index >= 15 is 0 Å². The first-order valence-corrected chi connectivity index (χ1v) is 20.6. The number of aryl methyl sites for hydroxylation is 1. The van der Waals surface area contributed by atoms with Gasteiger partial charge in [-0.3, -0.25) is 24.5 Å². The molecule has 5 rings (SSSR count). The monoisotopic (exact) mass is 819 g/mol. The number of carboxylic acid groups (broad SMARTS) is 1. The third kappa shape index (κ3) is 11.9. The average Bonchev–Trinajstić information content (AvgIpc) is 3.52. The Hall–Kier alpha value is -5.82. The number of carbonyl (C=O) groups is 4. The smallest absolute Gasteiger partial charge is 0.407 e. The van der Waals surface area contributed by atoms with Crippen LogP contribution in [-0.2, 0) is 29.0 Å². The molecule has 0 bridgehead atoms. The van der Waals surface area contributed by atoms with Crippen LogP contribution in [0, 0.1) is 17.8 Å². The van der Waals surface area contributed by atoms with Crippen molar-refractivity contribution in [2.75, 3.05) is 20.1 Å². The third-order valence-corrected chi connectivity index (χ3v) is 10.9. The quantitative estimate of drug-likeness (QED) is 0.102. The first kappa shape index (κ1) is 45.3. The molecule has 1 fully saturated rings. The topological polar surface area (TPSA) is 168 Å². The molecule has 1 saturated heterocycles. The summed E-state index contributed by atoms with van der Waals surface area (Å²) in [5, 5.41) is 28.3. The Kier molecular flexibility index (Phi) is 14.7. The molecule has 1 aliphatic heterocycles. The number of nitrogens with one attached hydrogen (secondary N) is 2. The number of aromatic nitrogens is 2. The van der Waals surface area contributed by atoms with Gasteiger partial charge in [0.15, 0.2) is 0 Å². The fraction of sp³-hybridized carbons (Fsp3) is 0.447. The lowest BCUT2D eigenvalue weighted by Gasteiger charge is -2.38. The second-order valence-electron chi connectivity index (χ2n) is 18.0. The van der Waals surface area contributed by atoms with Crippen LogP contribution in [0.1, 0.15) is 70.5 Å². The summed E-state index contributed by atoms with van der Waals surface area (Å²) in [7, 11) is 1.36. The maximum absolute atomic E-state index is 14.7. The molecule has 320 valence electrons. The van der Waals surface area contributed by atoms with E-state index in [0.29, 0.717) is 26.1 Å². The number of hydrogen-bond donors (Lipinski definition) is 4. The Labute approximate surface area is 354 Å². The number of aliphatic hydroxyl groups is 1. The molecule has 2 aromatic carbocycles. The number of rotatable bonds is 16. The van der Waals surface area contributed by atoms with Gasteiger partial charge in [0, 0.05) is 43.6 Å². The van der Waals surface area contributed by atoms with Gasteiger partial charge in [0.05, 0.1) is 30.1 Å². The van der Waals surface area contributed by atoms with E-state index in [4.69, 9.17) is 0 Å². The van der Waals surface area contributed by atoms with Gasteiger partial charge in [-0.25, -0.2) is 9.59 Å². The SMILES string of the molecule is Cc1cccc(CN2CCN(C(C(=O)NC(Cc3ccc(-c4ccccn4)cc3)CC(O)C(Cc3ccccc3)NC(=O)C(N(C)C(=O)O)C(C)(C)C)C(C)(C)C)C2=O)n1. The molecule has 3 heterocycles. The van der Waals surface area contributed by atoms with Crippen molar-refractivity contribution in [3.05, 3.63) is 120 Å². The molecule has 5 amide bonds. The minimum atomic E-state index is -1.25. The van der Waals surface area contributed by atoms with Crippen molar-refractivity contribution in [3.8, 4) is 11.3 Å². The van der Waals surface area contributed by atoms with E-state index in [-0.39, 0.29) is 24.8 Å². The fourth-order valence-electron chi connectivity index (χ4n) is 8.11. The van der Waals surface area contributed by atoms with Crippen molar-refractivity contribution in [2.45, 2.75) is 105 Å². The van der Waals surface area contributed by atoms with Gasteiger partial charge in [-0.15, -0.1) is 0 Å². The van der Waals surface area contributed by atoms with Crippen molar-refractivity contribution in [2.24, 2.45) is 10.8 Å². The van der Waals surface area contributed by atoms with Crippen LogP contribution in [-0.4, -0.2) is 109 Å². The lowest BCUT2D eigenvalue weighted by atomic mass is 9.84.